The second-order valence-corrected chi connectivity index (χ2v) is 8.64. The number of benzene rings is 1. The van der Waals surface area contributed by atoms with E-state index >= 15 is 0 Å². The highest BCUT2D eigenvalue weighted by atomic mass is 16.7. The minimum absolute atomic E-state index is 0.161. The van der Waals surface area contributed by atoms with Crippen molar-refractivity contribution in [2.45, 2.75) is 64.0 Å². The van der Waals surface area contributed by atoms with E-state index in [-0.39, 0.29) is 12.4 Å². The first-order valence-electron chi connectivity index (χ1n) is 9.93. The molecule has 9 heteroatoms. The Morgan fingerprint density at radius 1 is 1.17 bits per heavy atom. The molecular weight excluding hydrogens is 396 g/mol. The van der Waals surface area contributed by atoms with E-state index in [9.17, 15) is 30.0 Å². The monoisotopic (exact) mass is 422 g/mol. The largest absolute Gasteiger partial charge is 0.462 e. The Labute approximate surface area is 173 Å². The molecular formula is C21H26O9. The average molecular weight is 422 g/mol. The van der Waals surface area contributed by atoms with Gasteiger partial charge in [-0.3, -0.25) is 4.79 Å². The van der Waals surface area contributed by atoms with Gasteiger partial charge in [0.1, 0.15) is 24.4 Å². The highest BCUT2D eigenvalue weighted by Gasteiger charge is 2.53. The molecule has 164 valence electrons. The standard InChI is InChI=1S/C21H26O9/c1-8-9-4-5-28-19(27)10(9)6-11-13(8)17(26)21(2,3)18(11)30-20-16(25)15(24)14(23)12(7-22)29-20/h6,12,14-16,18,20,22-25H,4-5,7H2,1-3H3/t12-,14-,15+,16-,18-,20+/m1/s1. The molecule has 0 unspecified atom stereocenters. The average Bonchev–Trinajstić information content (AvgIpc) is 2.89. The summed E-state index contributed by atoms with van der Waals surface area (Å²) in [6.45, 7) is 4.85. The predicted molar refractivity (Wildman–Crippen MR) is 101 cm³/mol. The molecule has 1 aliphatic carbocycles. The fraction of sp³-hybridized carbons (Fsp3) is 0.619. The molecule has 0 spiro atoms. The number of hydrogen-bond acceptors (Lipinski definition) is 9. The normalized spacial score (nSPS) is 35.0. The Bertz CT molecular complexity index is 891. The van der Waals surface area contributed by atoms with Gasteiger partial charge < -0.3 is 34.6 Å². The molecule has 9 nitrogen and oxygen atoms in total. The number of carbonyl (C=O) groups excluding carboxylic acids is 2. The summed E-state index contributed by atoms with van der Waals surface area (Å²) in [5.74, 6) is -0.628. The van der Waals surface area contributed by atoms with Crippen molar-refractivity contribution in [1.82, 2.24) is 0 Å². The summed E-state index contributed by atoms with van der Waals surface area (Å²) < 4.78 is 16.6. The number of cyclic esters (lactones) is 1. The lowest BCUT2D eigenvalue weighted by molar-refractivity contribution is -0.317. The van der Waals surface area contributed by atoms with Gasteiger partial charge in [-0.1, -0.05) is 0 Å². The van der Waals surface area contributed by atoms with Gasteiger partial charge in [0, 0.05) is 12.0 Å². The lowest BCUT2D eigenvalue weighted by Gasteiger charge is -2.42. The van der Waals surface area contributed by atoms with E-state index in [0.29, 0.717) is 28.7 Å². The van der Waals surface area contributed by atoms with Crippen LogP contribution in [0.5, 0.6) is 0 Å². The van der Waals surface area contributed by atoms with E-state index in [2.05, 4.69) is 0 Å². The van der Waals surface area contributed by atoms with Crippen molar-refractivity contribution >= 4 is 11.8 Å². The summed E-state index contributed by atoms with van der Waals surface area (Å²) in [6.07, 6.45) is -7.60. The molecule has 6 atom stereocenters. The predicted octanol–water partition coefficient (Wildman–Crippen LogP) is -0.212. The van der Waals surface area contributed by atoms with Gasteiger partial charge in [0.2, 0.25) is 0 Å². The van der Waals surface area contributed by atoms with Gasteiger partial charge in [0.25, 0.3) is 0 Å². The van der Waals surface area contributed by atoms with Crippen molar-refractivity contribution in [2.75, 3.05) is 13.2 Å². The molecule has 0 radical (unpaired) electrons. The van der Waals surface area contributed by atoms with E-state index in [0.717, 1.165) is 5.56 Å². The number of hydrogen-bond donors (Lipinski definition) is 4. The number of rotatable bonds is 3. The number of aliphatic hydroxyl groups is 4. The molecule has 0 aromatic heterocycles. The van der Waals surface area contributed by atoms with Gasteiger partial charge >= 0.3 is 5.97 Å². The molecule has 1 aromatic carbocycles. The van der Waals surface area contributed by atoms with Crippen LogP contribution in [-0.2, 0) is 20.6 Å². The first-order chi connectivity index (χ1) is 14.1. The van der Waals surface area contributed by atoms with Crippen LogP contribution in [0.3, 0.4) is 0 Å². The summed E-state index contributed by atoms with van der Waals surface area (Å²) in [4.78, 5) is 25.5. The van der Waals surface area contributed by atoms with Crippen LogP contribution in [0.25, 0.3) is 0 Å². The second kappa shape index (κ2) is 7.37. The Hall–Kier alpha value is -1.88. The molecule has 2 aliphatic heterocycles. The number of fused-ring (bicyclic) bond motifs is 2. The van der Waals surface area contributed by atoms with Crippen molar-refractivity contribution < 1.29 is 44.2 Å². The quantitative estimate of drug-likeness (QED) is 0.487. The van der Waals surface area contributed by atoms with E-state index in [1.54, 1.807) is 26.8 Å². The van der Waals surface area contributed by atoms with Crippen molar-refractivity contribution in [3.05, 3.63) is 33.9 Å². The van der Waals surface area contributed by atoms with Gasteiger partial charge in [0.15, 0.2) is 12.1 Å². The van der Waals surface area contributed by atoms with Crippen LogP contribution < -0.4 is 0 Å². The molecule has 1 saturated heterocycles. The molecule has 1 fully saturated rings. The van der Waals surface area contributed by atoms with Gasteiger partial charge in [-0.15, -0.1) is 0 Å². The van der Waals surface area contributed by atoms with Crippen molar-refractivity contribution in [3.63, 3.8) is 0 Å². The molecule has 4 N–H and O–H groups in total. The maximum absolute atomic E-state index is 13.2. The Morgan fingerprint density at radius 2 is 1.87 bits per heavy atom. The zero-order chi connectivity index (χ0) is 22.0. The van der Waals surface area contributed by atoms with E-state index in [1.807, 2.05) is 0 Å². The van der Waals surface area contributed by atoms with Crippen molar-refractivity contribution in [3.8, 4) is 0 Å². The lowest BCUT2D eigenvalue weighted by atomic mass is 9.86. The minimum atomic E-state index is -1.60. The maximum Gasteiger partial charge on any atom is 0.338 e. The zero-order valence-corrected chi connectivity index (χ0v) is 17.0. The zero-order valence-electron chi connectivity index (χ0n) is 17.0. The summed E-state index contributed by atoms with van der Waals surface area (Å²) in [6, 6.07) is 1.60. The third-order valence-electron chi connectivity index (χ3n) is 6.42. The summed E-state index contributed by atoms with van der Waals surface area (Å²) in [5.41, 5.74) is 1.78. The first-order valence-corrected chi connectivity index (χ1v) is 9.93. The van der Waals surface area contributed by atoms with Crippen LogP contribution in [0.15, 0.2) is 6.07 Å². The number of carbonyl (C=O) groups is 2. The highest BCUT2D eigenvalue weighted by Crippen LogP contribution is 2.51. The fourth-order valence-corrected chi connectivity index (χ4v) is 4.61. The molecule has 0 amide bonds. The van der Waals surface area contributed by atoms with Crippen LogP contribution in [0.1, 0.15) is 57.4 Å². The number of aliphatic hydroxyl groups excluding tert-OH is 4. The molecule has 0 bridgehead atoms. The van der Waals surface area contributed by atoms with Crippen LogP contribution >= 0.6 is 0 Å². The summed E-state index contributed by atoms with van der Waals surface area (Å²) in [5, 5.41) is 39.8. The third-order valence-corrected chi connectivity index (χ3v) is 6.42. The maximum atomic E-state index is 13.2. The number of ketones is 1. The van der Waals surface area contributed by atoms with E-state index in [1.165, 1.54) is 0 Å². The topological polar surface area (TPSA) is 143 Å². The van der Waals surface area contributed by atoms with E-state index in [4.69, 9.17) is 14.2 Å². The van der Waals surface area contributed by atoms with Gasteiger partial charge in [-0.2, -0.15) is 0 Å². The van der Waals surface area contributed by atoms with Crippen LogP contribution in [0.4, 0.5) is 0 Å². The molecule has 3 aliphatic rings. The molecule has 30 heavy (non-hydrogen) atoms. The molecule has 4 rings (SSSR count). The number of Topliss-reactive ketones (excluding diaryl/α,β-unsaturated/α-hetero) is 1. The van der Waals surface area contributed by atoms with Gasteiger partial charge in [-0.05, 0) is 43.5 Å². The highest BCUT2D eigenvalue weighted by molar-refractivity contribution is 6.08. The number of ether oxygens (including phenoxy) is 3. The van der Waals surface area contributed by atoms with Crippen LogP contribution in [-0.4, -0.2) is 76.1 Å². The smallest absolute Gasteiger partial charge is 0.338 e. The van der Waals surface area contributed by atoms with Gasteiger partial charge in [-0.25, -0.2) is 4.79 Å². The SMILES string of the molecule is Cc1c2c(cc3c1C(=O)C(C)(C)[C@@H]3O[C@@H]1O[C@H](CO)[C@@H](O)[C@H](O)[C@H]1O)C(=O)OCC2. The Kier molecular flexibility index (Phi) is 5.24. The Morgan fingerprint density at radius 3 is 2.53 bits per heavy atom. The molecule has 2 heterocycles. The minimum Gasteiger partial charge on any atom is -0.462 e. The molecule has 1 aromatic rings. The fourth-order valence-electron chi connectivity index (χ4n) is 4.61. The third kappa shape index (κ3) is 3.00. The van der Waals surface area contributed by atoms with Crippen molar-refractivity contribution in [1.29, 1.82) is 0 Å². The van der Waals surface area contributed by atoms with Crippen molar-refractivity contribution in [2.24, 2.45) is 5.41 Å². The van der Waals surface area contributed by atoms with Crippen LogP contribution in [0, 0.1) is 12.3 Å². The Balaban J connectivity index is 1.75. The van der Waals surface area contributed by atoms with E-state index < -0.39 is 54.8 Å². The first kappa shape index (κ1) is 21.4. The lowest BCUT2D eigenvalue weighted by Crippen LogP contribution is -2.59. The molecule has 0 saturated carbocycles. The summed E-state index contributed by atoms with van der Waals surface area (Å²) >= 11 is 0. The second-order valence-electron chi connectivity index (χ2n) is 8.64. The van der Waals surface area contributed by atoms with Crippen LogP contribution in [0.2, 0.25) is 0 Å². The number of esters is 1. The van der Waals surface area contributed by atoms with Gasteiger partial charge in [0.05, 0.1) is 30.3 Å². The summed E-state index contributed by atoms with van der Waals surface area (Å²) in [7, 11) is 0.